The number of hydrogen-bond acceptors (Lipinski definition) is 5. The fraction of sp³-hybridized carbons (Fsp3) is 0.500. The lowest BCUT2D eigenvalue weighted by Crippen LogP contribution is -2.48. The van der Waals surface area contributed by atoms with Gasteiger partial charge in [0.2, 0.25) is 0 Å². The number of aromatic nitrogens is 2. The van der Waals surface area contributed by atoms with Crippen LogP contribution in [-0.4, -0.2) is 67.9 Å². The van der Waals surface area contributed by atoms with Crippen molar-refractivity contribution in [2.24, 2.45) is 0 Å². The Bertz CT molecular complexity index is 680. The van der Waals surface area contributed by atoms with Gasteiger partial charge in [-0.1, -0.05) is 30.0 Å². The van der Waals surface area contributed by atoms with Gasteiger partial charge < -0.3 is 14.4 Å². The van der Waals surface area contributed by atoms with Crippen molar-refractivity contribution in [3.05, 3.63) is 35.8 Å². The van der Waals surface area contributed by atoms with Crippen molar-refractivity contribution in [2.75, 3.05) is 39.3 Å². The molecule has 0 atom stereocenters. The molecule has 5 nitrogen and oxygen atoms in total. The topological polar surface area (TPSA) is 44.0 Å². The van der Waals surface area contributed by atoms with Crippen molar-refractivity contribution in [3.63, 3.8) is 0 Å². The van der Waals surface area contributed by atoms with Crippen molar-refractivity contribution in [2.45, 2.75) is 12.7 Å². The highest BCUT2D eigenvalue weighted by Crippen LogP contribution is 2.18. The smallest absolute Gasteiger partial charge is 0.137 e. The third kappa shape index (κ3) is 4.03. The number of rotatable bonds is 4. The average Bonchev–Trinajstić information content (AvgIpc) is 2.98. The van der Waals surface area contributed by atoms with Crippen LogP contribution >= 0.6 is 24.0 Å². The molecule has 0 amide bonds. The summed E-state index contributed by atoms with van der Waals surface area (Å²) < 4.78 is 3.06. The molecule has 3 heterocycles. The molecule has 1 aliphatic rings. The Balaban J connectivity index is 1.53. The number of β-amino-alcohol motifs (C(OH)–C–C–N with tert-alkyl or cyclic N) is 1. The van der Waals surface area contributed by atoms with Gasteiger partial charge in [0.15, 0.2) is 0 Å². The van der Waals surface area contributed by atoms with Crippen LogP contribution in [0.5, 0.6) is 0 Å². The van der Waals surface area contributed by atoms with Gasteiger partial charge in [-0.3, -0.25) is 4.90 Å². The van der Waals surface area contributed by atoms with E-state index in [9.17, 15) is 0 Å². The first-order valence-electron chi connectivity index (χ1n) is 7.86. The van der Waals surface area contributed by atoms with Crippen molar-refractivity contribution in [1.29, 1.82) is 0 Å². The van der Waals surface area contributed by atoms with Crippen LogP contribution in [0.1, 0.15) is 11.4 Å². The number of nitrogens with zero attached hydrogens (tertiary/aromatic N) is 4. The fourth-order valence-electron chi connectivity index (χ4n) is 2.79. The second-order valence-corrected chi connectivity index (χ2v) is 7.34. The number of thiocarbonyl (C=S) groups is 1. The van der Waals surface area contributed by atoms with Gasteiger partial charge in [0.1, 0.15) is 9.97 Å². The number of aliphatic hydroxyl groups excluding tert-OH is 1. The Morgan fingerprint density at radius 1 is 1.30 bits per heavy atom. The highest BCUT2D eigenvalue weighted by atomic mass is 32.2. The molecule has 1 saturated heterocycles. The van der Waals surface area contributed by atoms with Crippen molar-refractivity contribution in [3.8, 4) is 0 Å². The van der Waals surface area contributed by atoms with Gasteiger partial charge in [0.05, 0.1) is 12.3 Å². The summed E-state index contributed by atoms with van der Waals surface area (Å²) in [6.07, 6.45) is 2.10. The summed E-state index contributed by atoms with van der Waals surface area (Å²) in [5.41, 5.74) is 3.24. The molecule has 0 aliphatic carbocycles. The summed E-state index contributed by atoms with van der Waals surface area (Å²) in [5.74, 6) is 0.802. The molecule has 124 valence electrons. The lowest BCUT2D eigenvalue weighted by Gasteiger charge is -2.35. The van der Waals surface area contributed by atoms with Crippen LogP contribution in [0.2, 0.25) is 0 Å². The Morgan fingerprint density at radius 2 is 2.09 bits per heavy atom. The van der Waals surface area contributed by atoms with Gasteiger partial charge in [0, 0.05) is 50.4 Å². The van der Waals surface area contributed by atoms with Gasteiger partial charge in [-0.25, -0.2) is 4.98 Å². The predicted octanol–water partition coefficient (Wildman–Crippen LogP) is 1.77. The third-order valence-corrected chi connectivity index (χ3v) is 5.69. The molecular weight excluding hydrogens is 328 g/mol. The first kappa shape index (κ1) is 16.7. The maximum absolute atomic E-state index is 8.99. The quantitative estimate of drug-likeness (QED) is 0.848. The summed E-state index contributed by atoms with van der Waals surface area (Å²) in [6.45, 7) is 6.89. The molecule has 0 saturated carbocycles. The van der Waals surface area contributed by atoms with E-state index in [0.717, 1.165) is 54.1 Å². The highest BCUT2D eigenvalue weighted by molar-refractivity contribution is 8.22. The normalized spacial score (nSPS) is 16.2. The molecule has 7 heteroatoms. The van der Waals surface area contributed by atoms with Gasteiger partial charge in [0.25, 0.3) is 0 Å². The monoisotopic (exact) mass is 350 g/mol. The van der Waals surface area contributed by atoms with Crippen molar-refractivity contribution in [1.82, 2.24) is 19.2 Å². The van der Waals surface area contributed by atoms with E-state index in [-0.39, 0.29) is 6.61 Å². The largest absolute Gasteiger partial charge is 0.395 e. The maximum atomic E-state index is 8.99. The van der Waals surface area contributed by atoms with Gasteiger partial charge in [-0.15, -0.1) is 0 Å². The summed E-state index contributed by atoms with van der Waals surface area (Å²) in [7, 11) is 0. The Morgan fingerprint density at radius 3 is 2.78 bits per heavy atom. The Kier molecular flexibility index (Phi) is 5.53. The number of aryl methyl sites for hydroxylation is 1. The van der Waals surface area contributed by atoms with Crippen molar-refractivity contribution >= 4 is 33.9 Å². The molecule has 1 N–H and O–H groups in total. The van der Waals surface area contributed by atoms with Crippen LogP contribution in [0.4, 0.5) is 0 Å². The van der Waals surface area contributed by atoms with Crippen LogP contribution in [0.3, 0.4) is 0 Å². The van der Waals surface area contributed by atoms with E-state index in [1.165, 1.54) is 5.69 Å². The predicted molar refractivity (Wildman–Crippen MR) is 98.9 cm³/mol. The maximum Gasteiger partial charge on any atom is 0.137 e. The molecular formula is C16H22N4OS2. The molecule has 0 radical (unpaired) electrons. The molecule has 0 aromatic carbocycles. The molecule has 2 aromatic rings. The zero-order valence-electron chi connectivity index (χ0n) is 13.3. The van der Waals surface area contributed by atoms with Crippen molar-refractivity contribution < 1.29 is 5.11 Å². The van der Waals surface area contributed by atoms with E-state index in [4.69, 9.17) is 17.3 Å². The minimum Gasteiger partial charge on any atom is -0.395 e. The number of fused-ring (bicyclic) bond motifs is 1. The number of pyridine rings is 1. The fourth-order valence-corrected chi connectivity index (χ4v) is 3.93. The van der Waals surface area contributed by atoms with Crippen LogP contribution in [0.25, 0.3) is 5.65 Å². The minimum atomic E-state index is 0.229. The number of imidazole rings is 1. The number of aliphatic hydroxyl groups is 1. The molecule has 1 aliphatic heterocycles. The first-order valence-corrected chi connectivity index (χ1v) is 9.25. The van der Waals surface area contributed by atoms with Crippen LogP contribution < -0.4 is 0 Å². The number of thioether (sulfide) groups is 1. The lowest BCUT2D eigenvalue weighted by atomic mass is 10.3. The second kappa shape index (κ2) is 7.61. The molecule has 2 aromatic heterocycles. The van der Waals surface area contributed by atoms with E-state index in [1.54, 1.807) is 11.8 Å². The zero-order valence-corrected chi connectivity index (χ0v) is 14.9. The van der Waals surface area contributed by atoms with Gasteiger partial charge in [-0.2, -0.15) is 0 Å². The minimum absolute atomic E-state index is 0.229. The van der Waals surface area contributed by atoms with Gasteiger partial charge in [-0.05, 0) is 19.1 Å². The van der Waals surface area contributed by atoms with E-state index in [0.29, 0.717) is 0 Å². The standard InChI is InChI=1S/C16H22N4OS2/c1-13-3-2-4-15-17-14(11-20(13)15)12-23-16(22)19-7-5-18(6-8-19)9-10-21/h2-4,11,21H,5-10,12H2,1H3. The van der Waals surface area contributed by atoms with E-state index >= 15 is 0 Å². The molecule has 0 bridgehead atoms. The van der Waals surface area contributed by atoms with E-state index in [1.807, 2.05) is 12.1 Å². The molecule has 23 heavy (non-hydrogen) atoms. The second-order valence-electron chi connectivity index (χ2n) is 5.73. The van der Waals surface area contributed by atoms with Crippen LogP contribution in [-0.2, 0) is 5.75 Å². The van der Waals surface area contributed by atoms with Crippen LogP contribution in [0, 0.1) is 6.92 Å². The first-order chi connectivity index (χ1) is 11.2. The summed E-state index contributed by atoms with van der Waals surface area (Å²) in [5, 5.41) is 8.99. The number of hydrogen-bond donors (Lipinski definition) is 1. The van der Waals surface area contributed by atoms with E-state index in [2.05, 4.69) is 38.4 Å². The Hall–Kier alpha value is -1.15. The number of piperazine rings is 1. The summed E-state index contributed by atoms with van der Waals surface area (Å²) in [6, 6.07) is 6.15. The molecule has 1 fully saturated rings. The third-order valence-electron chi connectivity index (χ3n) is 4.14. The van der Waals surface area contributed by atoms with Gasteiger partial charge >= 0.3 is 0 Å². The summed E-state index contributed by atoms with van der Waals surface area (Å²) in [4.78, 5) is 9.19. The molecule has 3 rings (SSSR count). The molecule has 0 unspecified atom stereocenters. The SMILES string of the molecule is Cc1cccc2nc(CSC(=S)N3CCN(CCO)CC3)cn12. The van der Waals surface area contributed by atoms with E-state index < -0.39 is 0 Å². The lowest BCUT2D eigenvalue weighted by molar-refractivity contribution is 0.149. The van der Waals surface area contributed by atoms with Crippen LogP contribution in [0.15, 0.2) is 24.4 Å². The molecule has 0 spiro atoms. The summed E-state index contributed by atoms with van der Waals surface area (Å²) >= 11 is 7.25. The zero-order chi connectivity index (χ0) is 16.2. The average molecular weight is 351 g/mol. The Labute approximate surface area is 146 Å². The highest BCUT2D eigenvalue weighted by Gasteiger charge is 2.18.